The van der Waals surface area contributed by atoms with Crippen LogP contribution in [-0.4, -0.2) is 18.9 Å². The molecule has 0 N–H and O–H groups in total. The molecule has 0 heterocycles. The van der Waals surface area contributed by atoms with Gasteiger partial charge in [-0.05, 0) is 24.1 Å². The summed E-state index contributed by atoms with van der Waals surface area (Å²) >= 11 is 5.39. The molecule has 1 unspecified atom stereocenters. The third-order valence-electron chi connectivity index (χ3n) is 2.69. The fourth-order valence-corrected chi connectivity index (χ4v) is 2.01. The molecule has 1 aromatic rings. The van der Waals surface area contributed by atoms with Gasteiger partial charge in [-0.25, -0.2) is 0 Å². The Balaban J connectivity index is 2.40. The highest BCUT2D eigenvalue weighted by molar-refractivity contribution is 6.28. The van der Waals surface area contributed by atoms with Gasteiger partial charge in [-0.3, -0.25) is 16.6 Å². The molecule has 0 saturated carbocycles. The third kappa shape index (κ3) is 1.85. The lowest BCUT2D eigenvalue weighted by Gasteiger charge is -2.30. The molecule has 4 heteroatoms. The zero-order chi connectivity index (χ0) is 10.8. The van der Waals surface area contributed by atoms with Crippen LogP contribution in [0.1, 0.15) is 22.3 Å². The molecule has 0 fully saturated rings. The van der Waals surface area contributed by atoms with Crippen LogP contribution >= 0.6 is 11.8 Å². The SMILES string of the molecule is COc1ccc2c(c1)C(=O)C([N-]Cl)CC2. The van der Waals surface area contributed by atoms with Gasteiger partial charge in [-0.15, -0.1) is 0 Å². The van der Waals surface area contributed by atoms with Gasteiger partial charge in [0.2, 0.25) is 0 Å². The summed E-state index contributed by atoms with van der Waals surface area (Å²) in [4.78, 5) is 15.4. The lowest BCUT2D eigenvalue weighted by Crippen LogP contribution is -2.25. The molecule has 1 aliphatic carbocycles. The Morgan fingerprint density at radius 2 is 2.33 bits per heavy atom. The largest absolute Gasteiger partial charge is 0.566 e. The van der Waals surface area contributed by atoms with Crippen molar-refractivity contribution in [3.8, 4) is 5.75 Å². The summed E-state index contributed by atoms with van der Waals surface area (Å²) in [7, 11) is 1.58. The molecule has 0 radical (unpaired) electrons. The summed E-state index contributed by atoms with van der Waals surface area (Å²) < 4.78 is 5.08. The third-order valence-corrected chi connectivity index (χ3v) is 2.93. The molecule has 1 atom stereocenters. The number of rotatable bonds is 2. The topological polar surface area (TPSA) is 40.4 Å². The first kappa shape index (κ1) is 10.5. The molecule has 0 spiro atoms. The molecule has 0 bridgehead atoms. The second-order valence-corrected chi connectivity index (χ2v) is 3.73. The molecule has 80 valence electrons. The number of ether oxygens (including phenoxy) is 1. The van der Waals surface area contributed by atoms with Crippen LogP contribution in [0.3, 0.4) is 0 Å². The van der Waals surface area contributed by atoms with Crippen LogP contribution < -0.4 is 4.74 Å². The van der Waals surface area contributed by atoms with Gasteiger partial charge in [0.25, 0.3) is 0 Å². The number of hydrogen-bond donors (Lipinski definition) is 0. The normalized spacial score (nSPS) is 19.9. The van der Waals surface area contributed by atoms with Crippen molar-refractivity contribution in [1.82, 2.24) is 0 Å². The number of methoxy groups -OCH3 is 1. The maximum Gasteiger partial charge on any atom is 0.146 e. The highest BCUT2D eigenvalue weighted by Crippen LogP contribution is 2.28. The van der Waals surface area contributed by atoms with Gasteiger partial charge in [-0.1, -0.05) is 18.5 Å². The molecular weight excluding hydrogens is 214 g/mol. The second-order valence-electron chi connectivity index (χ2n) is 3.54. The summed E-state index contributed by atoms with van der Waals surface area (Å²) in [6, 6.07) is 5.15. The second kappa shape index (κ2) is 4.21. The molecule has 0 aliphatic heterocycles. The van der Waals surface area contributed by atoms with E-state index in [1.165, 1.54) is 0 Å². The first-order valence-electron chi connectivity index (χ1n) is 4.78. The van der Waals surface area contributed by atoms with Gasteiger partial charge in [0.1, 0.15) is 11.5 Å². The van der Waals surface area contributed by atoms with E-state index in [9.17, 15) is 4.79 Å². The minimum Gasteiger partial charge on any atom is -0.566 e. The molecule has 1 aliphatic rings. The van der Waals surface area contributed by atoms with E-state index in [-0.39, 0.29) is 5.78 Å². The van der Waals surface area contributed by atoms with E-state index in [0.717, 1.165) is 12.0 Å². The van der Waals surface area contributed by atoms with Crippen molar-refractivity contribution in [2.45, 2.75) is 18.9 Å². The fraction of sp³-hybridized carbons (Fsp3) is 0.364. The lowest BCUT2D eigenvalue weighted by atomic mass is 9.87. The minimum atomic E-state index is -0.397. The van der Waals surface area contributed by atoms with Crippen LogP contribution in [0.4, 0.5) is 0 Å². The van der Waals surface area contributed by atoms with Crippen molar-refractivity contribution in [3.05, 3.63) is 34.2 Å². The molecular formula is C11H11ClNO2-. The fourth-order valence-electron chi connectivity index (χ4n) is 1.83. The van der Waals surface area contributed by atoms with Crippen LogP contribution in [-0.2, 0) is 6.42 Å². The number of halogens is 1. The first-order valence-corrected chi connectivity index (χ1v) is 5.12. The Morgan fingerprint density at radius 1 is 1.53 bits per heavy atom. The molecule has 3 nitrogen and oxygen atoms in total. The van der Waals surface area contributed by atoms with Crippen molar-refractivity contribution in [3.63, 3.8) is 0 Å². The van der Waals surface area contributed by atoms with E-state index in [1.807, 2.05) is 12.1 Å². The van der Waals surface area contributed by atoms with E-state index in [1.54, 1.807) is 13.2 Å². The number of carbonyl (C=O) groups excluding carboxylic acids is 1. The summed E-state index contributed by atoms with van der Waals surface area (Å²) in [6.07, 6.45) is 1.54. The number of benzene rings is 1. The maximum absolute atomic E-state index is 11.9. The highest BCUT2D eigenvalue weighted by Gasteiger charge is 2.21. The predicted octanol–water partition coefficient (Wildman–Crippen LogP) is 2.72. The number of fused-ring (bicyclic) bond motifs is 1. The maximum atomic E-state index is 11.9. The monoisotopic (exact) mass is 224 g/mol. The van der Waals surface area contributed by atoms with Gasteiger partial charge in [0.05, 0.1) is 7.11 Å². The number of carbonyl (C=O) groups is 1. The van der Waals surface area contributed by atoms with Crippen LogP contribution in [0, 0.1) is 0 Å². The number of nitrogens with zero attached hydrogens (tertiary/aromatic N) is 1. The van der Waals surface area contributed by atoms with E-state index < -0.39 is 6.04 Å². The van der Waals surface area contributed by atoms with E-state index in [4.69, 9.17) is 16.5 Å². The lowest BCUT2D eigenvalue weighted by molar-refractivity contribution is 0.0963. The van der Waals surface area contributed by atoms with Crippen molar-refractivity contribution >= 4 is 17.6 Å². The number of ketones is 1. The van der Waals surface area contributed by atoms with E-state index in [0.29, 0.717) is 17.7 Å². The molecule has 0 saturated heterocycles. The zero-order valence-electron chi connectivity index (χ0n) is 8.37. The summed E-state index contributed by atoms with van der Waals surface area (Å²) in [6.45, 7) is 0. The minimum absolute atomic E-state index is 0.00912. The quantitative estimate of drug-likeness (QED) is 0.775. The van der Waals surface area contributed by atoms with E-state index in [2.05, 4.69) is 4.84 Å². The average molecular weight is 225 g/mol. The van der Waals surface area contributed by atoms with Crippen molar-refractivity contribution in [2.75, 3.05) is 7.11 Å². The average Bonchev–Trinajstić information content (AvgIpc) is 2.29. The number of Topliss-reactive ketones (excluding diaryl/α,β-unsaturated/α-hetero) is 1. The van der Waals surface area contributed by atoms with Crippen LogP contribution in [0.15, 0.2) is 18.2 Å². The zero-order valence-corrected chi connectivity index (χ0v) is 9.12. The Morgan fingerprint density at radius 3 is 3.00 bits per heavy atom. The van der Waals surface area contributed by atoms with Crippen LogP contribution in [0.2, 0.25) is 0 Å². The van der Waals surface area contributed by atoms with Gasteiger partial charge in [0, 0.05) is 5.56 Å². The summed E-state index contributed by atoms with van der Waals surface area (Å²) in [5.41, 5.74) is 1.74. The summed E-state index contributed by atoms with van der Waals surface area (Å²) in [5, 5.41) is 0. The molecule has 0 amide bonds. The van der Waals surface area contributed by atoms with Crippen molar-refractivity contribution < 1.29 is 9.53 Å². The molecule has 15 heavy (non-hydrogen) atoms. The highest BCUT2D eigenvalue weighted by atomic mass is 35.5. The standard InChI is InChI=1S/C11H11ClNO2/c1-15-8-4-2-7-3-5-10(13-12)11(14)9(7)6-8/h2,4,6,10H,3,5H2,1H3/q-1. The predicted molar refractivity (Wildman–Crippen MR) is 58.6 cm³/mol. The van der Waals surface area contributed by atoms with Gasteiger partial charge in [0.15, 0.2) is 0 Å². The van der Waals surface area contributed by atoms with Crippen molar-refractivity contribution in [1.29, 1.82) is 0 Å². The van der Waals surface area contributed by atoms with Gasteiger partial charge >= 0.3 is 0 Å². The Kier molecular flexibility index (Phi) is 2.93. The number of hydrogen-bond acceptors (Lipinski definition) is 2. The van der Waals surface area contributed by atoms with Crippen molar-refractivity contribution in [2.24, 2.45) is 0 Å². The van der Waals surface area contributed by atoms with Crippen LogP contribution in [0.5, 0.6) is 5.75 Å². The smallest absolute Gasteiger partial charge is 0.146 e. The molecule has 0 aromatic heterocycles. The summed E-state index contributed by atoms with van der Waals surface area (Å²) in [5.74, 6) is 0.683. The van der Waals surface area contributed by atoms with Crippen LogP contribution in [0.25, 0.3) is 4.84 Å². The van der Waals surface area contributed by atoms with Gasteiger partial charge in [-0.2, -0.15) is 0 Å². The number of aryl methyl sites for hydroxylation is 1. The molecule has 1 aromatic carbocycles. The Labute approximate surface area is 93.5 Å². The Bertz CT molecular complexity index is 392. The van der Waals surface area contributed by atoms with Gasteiger partial charge < -0.3 is 9.57 Å². The Hall–Kier alpha value is -1.06. The first-order chi connectivity index (χ1) is 7.26. The molecule has 2 rings (SSSR count). The van der Waals surface area contributed by atoms with E-state index >= 15 is 0 Å².